The van der Waals surface area contributed by atoms with Crippen LogP contribution in [0.25, 0.3) is 10.4 Å². The lowest BCUT2D eigenvalue weighted by molar-refractivity contribution is 0.0696. The minimum absolute atomic E-state index is 0.241. The molecule has 0 aliphatic rings. The molecule has 17 heavy (non-hydrogen) atoms. The molecule has 0 unspecified atom stereocenters. The van der Waals surface area contributed by atoms with Crippen LogP contribution < -0.4 is 4.74 Å². The largest absolute Gasteiger partial charge is 0.497 e. The lowest BCUT2D eigenvalue weighted by Crippen LogP contribution is -1.97. The zero-order valence-corrected chi connectivity index (χ0v) is 10.4. The third-order valence-electron chi connectivity index (χ3n) is 2.40. The van der Waals surface area contributed by atoms with Crippen molar-refractivity contribution in [3.63, 3.8) is 0 Å². The fourth-order valence-corrected chi connectivity index (χ4v) is 2.45. The summed E-state index contributed by atoms with van der Waals surface area (Å²) < 4.78 is 5.12. The van der Waals surface area contributed by atoms with Gasteiger partial charge in [-0.25, -0.2) is 4.79 Å². The Bertz CT molecular complexity index is 558. The smallest absolute Gasteiger partial charge is 0.335 e. The average Bonchev–Trinajstić information content (AvgIpc) is 2.75. The molecule has 0 amide bonds. The Morgan fingerprint density at radius 3 is 2.59 bits per heavy atom. The van der Waals surface area contributed by atoms with E-state index in [9.17, 15) is 4.79 Å². The number of methoxy groups -OCH3 is 1. The molecular weight excluding hydrogens is 236 g/mol. The number of aromatic carboxylic acids is 1. The summed E-state index contributed by atoms with van der Waals surface area (Å²) in [7, 11) is 1.53. The summed E-state index contributed by atoms with van der Waals surface area (Å²) in [5, 5.41) is 11.1. The molecule has 0 fully saturated rings. The number of hydrogen-bond acceptors (Lipinski definition) is 3. The van der Waals surface area contributed by atoms with Crippen LogP contribution >= 0.6 is 11.3 Å². The van der Waals surface area contributed by atoms with Gasteiger partial charge in [0.05, 0.1) is 12.7 Å². The highest BCUT2D eigenvalue weighted by Crippen LogP contribution is 2.30. The zero-order chi connectivity index (χ0) is 12.4. The number of carbonyl (C=O) groups is 1. The van der Waals surface area contributed by atoms with Gasteiger partial charge in [0.15, 0.2) is 0 Å². The molecule has 4 heteroatoms. The van der Waals surface area contributed by atoms with Gasteiger partial charge in [0, 0.05) is 4.88 Å². The van der Waals surface area contributed by atoms with E-state index in [-0.39, 0.29) is 5.56 Å². The van der Waals surface area contributed by atoms with Gasteiger partial charge in [0.25, 0.3) is 0 Å². The van der Waals surface area contributed by atoms with Crippen molar-refractivity contribution in [3.05, 3.63) is 40.8 Å². The number of benzene rings is 1. The molecule has 0 atom stereocenters. The molecule has 0 spiro atoms. The highest BCUT2D eigenvalue weighted by atomic mass is 32.1. The maximum Gasteiger partial charge on any atom is 0.335 e. The SMILES string of the molecule is COc1cc(C(=O)O)cc(-c2cc(C)cs2)c1. The van der Waals surface area contributed by atoms with Gasteiger partial charge in [-0.2, -0.15) is 0 Å². The van der Waals surface area contributed by atoms with Gasteiger partial charge in [-0.1, -0.05) is 0 Å². The van der Waals surface area contributed by atoms with Gasteiger partial charge in [-0.05, 0) is 47.7 Å². The third-order valence-corrected chi connectivity index (χ3v) is 3.50. The number of carboxylic acids is 1. The molecule has 0 saturated carbocycles. The van der Waals surface area contributed by atoms with E-state index in [1.807, 2.05) is 24.4 Å². The summed E-state index contributed by atoms with van der Waals surface area (Å²) in [6.07, 6.45) is 0. The van der Waals surface area contributed by atoms with E-state index >= 15 is 0 Å². The third kappa shape index (κ3) is 2.47. The molecule has 0 radical (unpaired) electrons. The van der Waals surface area contributed by atoms with Crippen molar-refractivity contribution in [1.29, 1.82) is 0 Å². The molecule has 2 rings (SSSR count). The van der Waals surface area contributed by atoms with Gasteiger partial charge in [-0.3, -0.25) is 0 Å². The minimum Gasteiger partial charge on any atom is -0.497 e. The molecule has 1 aromatic carbocycles. The van der Waals surface area contributed by atoms with Crippen LogP contribution in [0.4, 0.5) is 0 Å². The van der Waals surface area contributed by atoms with Crippen LogP contribution in [-0.4, -0.2) is 18.2 Å². The minimum atomic E-state index is -0.946. The Balaban J connectivity index is 2.53. The number of ether oxygens (including phenoxy) is 1. The Kier molecular flexibility index (Phi) is 3.15. The maximum absolute atomic E-state index is 11.0. The Hall–Kier alpha value is -1.81. The molecule has 0 aliphatic heterocycles. The van der Waals surface area contributed by atoms with Crippen LogP contribution in [0.2, 0.25) is 0 Å². The summed E-state index contributed by atoms with van der Waals surface area (Å²) in [5.74, 6) is -0.385. The lowest BCUT2D eigenvalue weighted by Gasteiger charge is -2.05. The van der Waals surface area contributed by atoms with Crippen LogP contribution in [0.15, 0.2) is 29.6 Å². The van der Waals surface area contributed by atoms with Crippen molar-refractivity contribution in [2.24, 2.45) is 0 Å². The Labute approximate surface area is 103 Å². The molecule has 1 N–H and O–H groups in total. The molecule has 88 valence electrons. The normalized spacial score (nSPS) is 10.2. The van der Waals surface area contributed by atoms with E-state index in [2.05, 4.69) is 0 Å². The second-order valence-electron chi connectivity index (χ2n) is 3.74. The fourth-order valence-electron chi connectivity index (χ4n) is 1.57. The standard InChI is InChI=1S/C13H12O3S/c1-8-3-12(17-7-8)9-4-10(13(14)15)6-11(5-9)16-2/h3-7H,1-2H3,(H,14,15). The van der Waals surface area contributed by atoms with Gasteiger partial charge in [0.2, 0.25) is 0 Å². The quantitative estimate of drug-likeness (QED) is 0.905. The molecule has 2 aromatic rings. The van der Waals surface area contributed by atoms with E-state index in [1.165, 1.54) is 18.7 Å². The average molecular weight is 248 g/mol. The van der Waals surface area contributed by atoms with Crippen molar-refractivity contribution in [1.82, 2.24) is 0 Å². The second-order valence-corrected chi connectivity index (χ2v) is 4.65. The van der Waals surface area contributed by atoms with Crippen molar-refractivity contribution in [2.75, 3.05) is 7.11 Å². The van der Waals surface area contributed by atoms with Gasteiger partial charge in [-0.15, -0.1) is 11.3 Å². The van der Waals surface area contributed by atoms with E-state index < -0.39 is 5.97 Å². The highest BCUT2D eigenvalue weighted by molar-refractivity contribution is 7.13. The number of carboxylic acid groups (broad SMARTS) is 1. The first-order chi connectivity index (χ1) is 8.10. The van der Waals surface area contributed by atoms with Crippen LogP contribution in [0.1, 0.15) is 15.9 Å². The number of thiophene rings is 1. The summed E-state index contributed by atoms with van der Waals surface area (Å²) in [5.41, 5.74) is 2.29. The molecule has 1 heterocycles. The number of rotatable bonds is 3. The van der Waals surface area contributed by atoms with E-state index in [0.29, 0.717) is 5.75 Å². The number of hydrogen-bond donors (Lipinski definition) is 1. The van der Waals surface area contributed by atoms with Crippen molar-refractivity contribution < 1.29 is 14.6 Å². The molecule has 3 nitrogen and oxygen atoms in total. The zero-order valence-electron chi connectivity index (χ0n) is 9.56. The van der Waals surface area contributed by atoms with Crippen LogP contribution in [0, 0.1) is 6.92 Å². The first-order valence-electron chi connectivity index (χ1n) is 5.08. The van der Waals surface area contributed by atoms with E-state index in [1.54, 1.807) is 17.4 Å². The lowest BCUT2D eigenvalue weighted by atomic mass is 10.1. The van der Waals surface area contributed by atoms with Gasteiger partial charge in [0.1, 0.15) is 5.75 Å². The molecule has 0 saturated heterocycles. The summed E-state index contributed by atoms with van der Waals surface area (Å²) in [6.45, 7) is 2.01. The van der Waals surface area contributed by atoms with Crippen LogP contribution in [0.5, 0.6) is 5.75 Å². The van der Waals surface area contributed by atoms with Crippen LogP contribution in [-0.2, 0) is 0 Å². The Morgan fingerprint density at radius 2 is 2.06 bits per heavy atom. The predicted octanol–water partition coefficient (Wildman–Crippen LogP) is 3.43. The number of aryl methyl sites for hydroxylation is 1. The van der Waals surface area contributed by atoms with Crippen molar-refractivity contribution >= 4 is 17.3 Å². The highest BCUT2D eigenvalue weighted by Gasteiger charge is 2.09. The molecular formula is C13H12O3S. The van der Waals surface area contributed by atoms with E-state index in [4.69, 9.17) is 9.84 Å². The van der Waals surface area contributed by atoms with Crippen molar-refractivity contribution in [3.8, 4) is 16.2 Å². The molecule has 1 aromatic heterocycles. The van der Waals surface area contributed by atoms with Crippen LogP contribution in [0.3, 0.4) is 0 Å². The second kappa shape index (κ2) is 4.59. The van der Waals surface area contributed by atoms with Gasteiger partial charge < -0.3 is 9.84 Å². The van der Waals surface area contributed by atoms with Crippen molar-refractivity contribution in [2.45, 2.75) is 6.92 Å². The Morgan fingerprint density at radius 1 is 1.29 bits per heavy atom. The van der Waals surface area contributed by atoms with Gasteiger partial charge >= 0.3 is 5.97 Å². The monoisotopic (exact) mass is 248 g/mol. The summed E-state index contributed by atoms with van der Waals surface area (Å²) >= 11 is 1.59. The maximum atomic E-state index is 11.0. The first-order valence-corrected chi connectivity index (χ1v) is 5.96. The summed E-state index contributed by atoms with van der Waals surface area (Å²) in [6, 6.07) is 7.06. The fraction of sp³-hybridized carbons (Fsp3) is 0.154. The topological polar surface area (TPSA) is 46.5 Å². The molecule has 0 bridgehead atoms. The molecule has 0 aliphatic carbocycles. The van der Waals surface area contributed by atoms with E-state index in [0.717, 1.165) is 10.4 Å². The predicted molar refractivity (Wildman–Crippen MR) is 68.0 cm³/mol. The summed E-state index contributed by atoms with van der Waals surface area (Å²) in [4.78, 5) is 12.1. The first kappa shape index (κ1) is 11.7.